The van der Waals surface area contributed by atoms with Crippen LogP contribution in [0.3, 0.4) is 0 Å². The Balaban J connectivity index is 0.00000474. The monoisotopic (exact) mass is 615 g/mol. The number of guanidine groups is 1. The van der Waals surface area contributed by atoms with Gasteiger partial charge in [0.1, 0.15) is 12.1 Å². The van der Waals surface area contributed by atoms with E-state index < -0.39 is 35.4 Å². The molecule has 1 aliphatic heterocycles. The van der Waals surface area contributed by atoms with Gasteiger partial charge in [-0.2, -0.15) is 0 Å². The maximum Gasteiger partial charge on any atom is 0.247 e. The van der Waals surface area contributed by atoms with E-state index in [2.05, 4.69) is 26.3 Å². The molecule has 0 bridgehead atoms. The molecule has 1 aliphatic rings. The van der Waals surface area contributed by atoms with Crippen LogP contribution in [0.15, 0.2) is 35.3 Å². The zero-order valence-corrected chi connectivity index (χ0v) is 27.2. The Morgan fingerprint density at radius 3 is 2.27 bits per heavy atom. The summed E-state index contributed by atoms with van der Waals surface area (Å²) < 4.78 is 0. The van der Waals surface area contributed by atoms with Gasteiger partial charge in [-0.25, -0.2) is 0 Å². The average molecular weight is 616 g/mol. The third-order valence-corrected chi connectivity index (χ3v) is 7.47. The smallest absolute Gasteiger partial charge is 0.247 e. The summed E-state index contributed by atoms with van der Waals surface area (Å²) in [6.45, 7) is 11.5. The lowest BCUT2D eigenvalue weighted by molar-refractivity contribution is -0.137. The molecule has 0 unspecified atom stereocenters. The van der Waals surface area contributed by atoms with Crippen molar-refractivity contribution in [1.29, 1.82) is 0 Å². The quantitative estimate of drug-likeness (QED) is 0.146. The van der Waals surface area contributed by atoms with Crippen LogP contribution < -0.4 is 32.7 Å². The van der Waals surface area contributed by atoms with Crippen molar-refractivity contribution in [3.63, 3.8) is 0 Å². The van der Waals surface area contributed by atoms with Crippen LogP contribution in [0.4, 0.5) is 0 Å². The maximum atomic E-state index is 13.7. The van der Waals surface area contributed by atoms with Gasteiger partial charge in [0.05, 0.1) is 5.54 Å². The van der Waals surface area contributed by atoms with Gasteiger partial charge in [0.2, 0.25) is 23.6 Å². The van der Waals surface area contributed by atoms with Crippen molar-refractivity contribution in [1.82, 2.24) is 21.3 Å². The number of nitrogens with zero attached hydrogens (tertiary/aromatic N) is 1. The first-order valence-electron chi connectivity index (χ1n) is 15.7. The Morgan fingerprint density at radius 2 is 1.68 bits per heavy atom. The van der Waals surface area contributed by atoms with E-state index in [1.165, 1.54) is 0 Å². The summed E-state index contributed by atoms with van der Waals surface area (Å²) in [7, 11) is 0. The van der Waals surface area contributed by atoms with Gasteiger partial charge in [0.25, 0.3) is 0 Å². The van der Waals surface area contributed by atoms with Gasteiger partial charge < -0.3 is 32.7 Å². The highest BCUT2D eigenvalue weighted by Gasteiger charge is 2.38. The molecule has 1 aromatic carbocycles. The fraction of sp³-hybridized carbons (Fsp3) is 0.625. The van der Waals surface area contributed by atoms with E-state index >= 15 is 0 Å². The molecule has 0 aromatic heterocycles. The molecule has 1 aromatic rings. The molecule has 4 atom stereocenters. The number of hydrogen-bond acceptors (Lipinski definition) is 6. The lowest BCUT2D eigenvalue weighted by Crippen LogP contribution is -2.55. The van der Waals surface area contributed by atoms with Crippen LogP contribution in [0.25, 0.3) is 0 Å². The summed E-state index contributed by atoms with van der Waals surface area (Å²) in [5.74, 6) is -3.12. The van der Waals surface area contributed by atoms with Gasteiger partial charge in [-0.05, 0) is 51.0 Å². The van der Waals surface area contributed by atoms with E-state index in [1.807, 2.05) is 19.9 Å². The highest BCUT2D eigenvalue weighted by molar-refractivity contribution is 5.97. The number of rotatable bonds is 8. The molecule has 1 saturated heterocycles. The predicted molar refractivity (Wildman–Crippen MR) is 172 cm³/mol. The molecule has 1 fully saturated rings. The van der Waals surface area contributed by atoms with Crippen molar-refractivity contribution in [3.8, 4) is 0 Å². The van der Waals surface area contributed by atoms with Gasteiger partial charge in [0, 0.05) is 31.3 Å². The van der Waals surface area contributed by atoms with E-state index in [0.29, 0.717) is 37.8 Å². The molecule has 246 valence electrons. The SMILES string of the molecule is CC.CC[C@@H]1NC(=O)[C@H](CCCN=C(N)N)CC(=O)[C@](C)(NC(=O)C(C)C)CCCCNC(=O)[C@@H](c2ccccc2)NC1=O. The Kier molecular flexibility index (Phi) is 16.7. The minimum Gasteiger partial charge on any atom is -0.370 e. The minimum absolute atomic E-state index is 0.0720. The molecule has 0 spiro atoms. The van der Waals surface area contributed by atoms with E-state index in [1.54, 1.807) is 52.0 Å². The summed E-state index contributed by atoms with van der Waals surface area (Å²) in [5.41, 5.74) is 10.3. The van der Waals surface area contributed by atoms with Crippen LogP contribution >= 0.6 is 0 Å². The van der Waals surface area contributed by atoms with Gasteiger partial charge in [0.15, 0.2) is 11.7 Å². The molecule has 2 rings (SSSR count). The molecule has 44 heavy (non-hydrogen) atoms. The van der Waals surface area contributed by atoms with Crippen molar-refractivity contribution in [2.75, 3.05) is 13.1 Å². The van der Waals surface area contributed by atoms with Crippen molar-refractivity contribution in [3.05, 3.63) is 35.9 Å². The number of hydrogen-bond donors (Lipinski definition) is 6. The second kappa shape index (κ2) is 19.3. The van der Waals surface area contributed by atoms with Crippen molar-refractivity contribution in [2.45, 2.75) is 104 Å². The Labute approximate surface area is 262 Å². The first-order valence-corrected chi connectivity index (χ1v) is 15.7. The van der Waals surface area contributed by atoms with E-state index in [4.69, 9.17) is 11.5 Å². The van der Waals surface area contributed by atoms with Crippen molar-refractivity contribution < 1.29 is 24.0 Å². The lowest BCUT2D eigenvalue weighted by atomic mass is 9.83. The number of nitrogens with one attached hydrogen (secondary N) is 4. The molecule has 0 radical (unpaired) electrons. The Bertz CT molecular complexity index is 1120. The maximum absolute atomic E-state index is 13.7. The molecule has 4 amide bonds. The molecule has 0 saturated carbocycles. The zero-order valence-electron chi connectivity index (χ0n) is 27.2. The Hall–Kier alpha value is -3.96. The van der Waals surface area contributed by atoms with Crippen LogP contribution in [-0.2, 0) is 24.0 Å². The summed E-state index contributed by atoms with van der Waals surface area (Å²) in [6.07, 6.45) is 2.25. The number of carbonyl (C=O) groups excluding carboxylic acids is 5. The van der Waals surface area contributed by atoms with Gasteiger partial charge in [-0.3, -0.25) is 29.0 Å². The van der Waals surface area contributed by atoms with Gasteiger partial charge in [-0.1, -0.05) is 65.0 Å². The molecule has 12 heteroatoms. The minimum atomic E-state index is -1.21. The average Bonchev–Trinajstić information content (AvgIpc) is 3.00. The summed E-state index contributed by atoms with van der Waals surface area (Å²) in [4.78, 5) is 70.5. The van der Waals surface area contributed by atoms with E-state index in [0.717, 1.165) is 0 Å². The highest BCUT2D eigenvalue weighted by Crippen LogP contribution is 2.24. The predicted octanol–water partition coefficient (Wildman–Crippen LogP) is 2.22. The second-order valence-electron chi connectivity index (χ2n) is 11.3. The molecular formula is C32H53N7O5. The van der Waals surface area contributed by atoms with Crippen molar-refractivity contribution in [2.24, 2.45) is 28.3 Å². The summed E-state index contributed by atoms with van der Waals surface area (Å²) in [6, 6.07) is 6.99. The molecule has 8 N–H and O–H groups in total. The number of carbonyl (C=O) groups is 5. The standard InChI is InChI=1S/C30H47N7O5.C2H6/c1-5-22-27(41)36-24(20-12-7-6-8-13-20)28(42)33-16-10-9-15-30(4,37-25(39)19(2)3)23(38)18-21(26(40)35-22)14-11-17-34-29(31)32;1-2/h6-8,12-13,19,21-22,24H,5,9-11,14-18H2,1-4H3,(H,33,42)(H,35,40)(H,36,41)(H,37,39)(H4,31,32,34);1-2H3/t21-,22+,24-,30-;/m1./s1. The van der Waals surface area contributed by atoms with Crippen LogP contribution in [-0.4, -0.2) is 60.0 Å². The Morgan fingerprint density at radius 1 is 1.02 bits per heavy atom. The zero-order chi connectivity index (χ0) is 33.3. The van der Waals surface area contributed by atoms with E-state index in [-0.39, 0.29) is 55.3 Å². The molecule has 0 aliphatic carbocycles. The number of Topliss-reactive ketones (excluding diaryl/α,β-unsaturated/α-hetero) is 1. The lowest BCUT2D eigenvalue weighted by Gasteiger charge is -2.32. The van der Waals surface area contributed by atoms with Crippen LogP contribution in [0.5, 0.6) is 0 Å². The fourth-order valence-electron chi connectivity index (χ4n) is 4.76. The number of amides is 4. The van der Waals surface area contributed by atoms with Crippen LogP contribution in [0.1, 0.15) is 98.1 Å². The number of ketones is 1. The van der Waals surface area contributed by atoms with Gasteiger partial charge in [-0.15, -0.1) is 0 Å². The number of nitrogens with two attached hydrogens (primary N) is 2. The largest absolute Gasteiger partial charge is 0.370 e. The van der Waals surface area contributed by atoms with Gasteiger partial charge >= 0.3 is 0 Å². The normalized spacial score (nSPS) is 23.8. The first kappa shape index (κ1) is 38.1. The highest BCUT2D eigenvalue weighted by atomic mass is 16.2. The molecular weight excluding hydrogens is 562 g/mol. The van der Waals surface area contributed by atoms with Crippen LogP contribution in [0.2, 0.25) is 0 Å². The summed E-state index contributed by atoms with van der Waals surface area (Å²) >= 11 is 0. The summed E-state index contributed by atoms with van der Waals surface area (Å²) in [5, 5.41) is 11.4. The molecule has 12 nitrogen and oxygen atoms in total. The van der Waals surface area contributed by atoms with E-state index in [9.17, 15) is 24.0 Å². The second-order valence-corrected chi connectivity index (χ2v) is 11.3. The molecule has 1 heterocycles. The topological polar surface area (TPSA) is 198 Å². The van der Waals surface area contributed by atoms with Crippen LogP contribution in [0, 0.1) is 11.8 Å². The number of benzene rings is 1. The third-order valence-electron chi connectivity index (χ3n) is 7.47. The first-order chi connectivity index (χ1) is 20.9. The third kappa shape index (κ3) is 12.3. The van der Waals surface area contributed by atoms with Crippen molar-refractivity contribution >= 4 is 35.4 Å². The number of aliphatic imine (C=N–C) groups is 1. The fourth-order valence-corrected chi connectivity index (χ4v) is 4.76.